The molecule has 0 bridgehead atoms. The monoisotopic (exact) mass is 176 g/mol. The molecule has 0 radical (unpaired) electrons. The molecule has 0 atom stereocenters. The maximum atomic E-state index is 5.13. The van der Waals surface area contributed by atoms with Gasteiger partial charge in [0.1, 0.15) is 0 Å². The zero-order valence-corrected chi connectivity index (χ0v) is 6.46. The molecule has 0 unspecified atom stereocenters. The molecule has 0 amide bonds. The van der Waals surface area contributed by atoms with Crippen molar-refractivity contribution >= 4 is 8.41 Å². The summed E-state index contributed by atoms with van der Waals surface area (Å²) in [5, 5.41) is 0. The van der Waals surface area contributed by atoms with Gasteiger partial charge in [-0.25, -0.2) is 0 Å². The average molecular weight is 176 g/mol. The lowest BCUT2D eigenvalue weighted by molar-refractivity contribution is 0.135. The molecule has 0 aliphatic rings. The molecule has 0 spiro atoms. The smallest absolute Gasteiger partial charge is 0.0814 e. The Morgan fingerprint density at radius 1 is 0.818 bits per heavy atom. The molecule has 0 aromatic carbocycles. The van der Waals surface area contributed by atoms with Crippen LogP contribution in [0.15, 0.2) is 0 Å². The lowest BCUT2D eigenvalue weighted by atomic mass is 10.5. The van der Waals surface area contributed by atoms with Gasteiger partial charge in [-0.15, -0.1) is 0 Å². The van der Waals surface area contributed by atoms with Crippen LogP contribution in [0.2, 0.25) is 0 Å². The van der Waals surface area contributed by atoms with E-state index in [1.165, 1.54) is 0 Å². The molecule has 0 fully saturated rings. The number of hydrogen-bond donors (Lipinski definition) is 0. The molecular formula is C6H20BF3O. The first-order valence-corrected chi connectivity index (χ1v) is 2.99. The van der Waals surface area contributed by atoms with E-state index < -0.39 is 0 Å². The zero-order chi connectivity index (χ0) is 5.54. The highest BCUT2D eigenvalue weighted by molar-refractivity contribution is 5.75. The van der Waals surface area contributed by atoms with Crippen LogP contribution in [0.3, 0.4) is 0 Å². The second kappa shape index (κ2) is 32.9. The van der Waals surface area contributed by atoms with Crippen LogP contribution in [0.25, 0.3) is 0 Å². The van der Waals surface area contributed by atoms with Crippen molar-refractivity contribution in [3.8, 4) is 0 Å². The highest BCUT2D eigenvalue weighted by Crippen LogP contribution is 1.81. The maximum absolute atomic E-state index is 5.13. The fraction of sp³-hybridized carbons (Fsp3) is 1.00. The summed E-state index contributed by atoms with van der Waals surface area (Å²) in [4.78, 5) is 0. The van der Waals surface area contributed by atoms with Gasteiger partial charge < -0.3 is 4.74 Å². The second-order valence-electron chi connectivity index (χ2n) is 1.61. The van der Waals surface area contributed by atoms with Crippen molar-refractivity contribution < 1.29 is 18.9 Å². The quantitative estimate of drug-likeness (QED) is 0.460. The van der Waals surface area contributed by atoms with Gasteiger partial charge in [0.25, 0.3) is 0 Å². The molecule has 0 aliphatic carbocycles. The number of rotatable bonds is 4. The van der Waals surface area contributed by atoms with E-state index in [4.69, 9.17) is 4.74 Å². The SMILES string of the molecule is B.CCCOCCC.F.F.F. The Bertz CT molecular complexity index is 37.0. The van der Waals surface area contributed by atoms with Gasteiger partial charge in [0.05, 0.1) is 8.41 Å². The van der Waals surface area contributed by atoms with Crippen LogP contribution < -0.4 is 0 Å². The minimum atomic E-state index is 0. The summed E-state index contributed by atoms with van der Waals surface area (Å²) in [5.41, 5.74) is 0. The fourth-order valence-corrected chi connectivity index (χ4v) is 0.391. The van der Waals surface area contributed by atoms with Gasteiger partial charge in [-0.1, -0.05) is 13.8 Å². The summed E-state index contributed by atoms with van der Waals surface area (Å²) in [6, 6.07) is 0. The Morgan fingerprint density at radius 2 is 1.09 bits per heavy atom. The van der Waals surface area contributed by atoms with E-state index >= 15 is 0 Å². The third-order valence-corrected chi connectivity index (χ3v) is 0.697. The maximum Gasteiger partial charge on any atom is 0.0814 e. The molecule has 0 aliphatic heterocycles. The van der Waals surface area contributed by atoms with Crippen LogP contribution in [-0.4, -0.2) is 21.6 Å². The predicted octanol–water partition coefficient (Wildman–Crippen LogP) is 1.10. The highest BCUT2D eigenvalue weighted by atomic mass is 19.0. The topological polar surface area (TPSA) is 9.23 Å². The molecule has 0 saturated heterocycles. The third kappa shape index (κ3) is 41.2. The van der Waals surface area contributed by atoms with Crippen LogP contribution in [0.1, 0.15) is 26.7 Å². The van der Waals surface area contributed by atoms with Crippen molar-refractivity contribution in [3.05, 3.63) is 0 Å². The van der Waals surface area contributed by atoms with Crippen LogP contribution in [0.5, 0.6) is 0 Å². The molecule has 74 valence electrons. The lowest BCUT2D eigenvalue weighted by Crippen LogP contribution is -1.92. The Balaban J connectivity index is -0.0000000300. The Hall–Kier alpha value is -0.185. The average Bonchev–Trinajstić information content (AvgIpc) is 1.69. The van der Waals surface area contributed by atoms with Crippen molar-refractivity contribution in [2.75, 3.05) is 13.2 Å². The van der Waals surface area contributed by atoms with Crippen molar-refractivity contribution in [2.24, 2.45) is 0 Å². The van der Waals surface area contributed by atoms with E-state index in [0.29, 0.717) is 0 Å². The Morgan fingerprint density at radius 3 is 1.27 bits per heavy atom. The van der Waals surface area contributed by atoms with Gasteiger partial charge in [-0.2, -0.15) is 0 Å². The van der Waals surface area contributed by atoms with Gasteiger partial charge in [0, 0.05) is 13.2 Å². The summed E-state index contributed by atoms with van der Waals surface area (Å²) < 4.78 is 5.13. The molecule has 5 heteroatoms. The van der Waals surface area contributed by atoms with Crippen molar-refractivity contribution in [1.29, 1.82) is 0 Å². The molecule has 0 N–H and O–H groups in total. The van der Waals surface area contributed by atoms with Crippen LogP contribution in [0, 0.1) is 0 Å². The van der Waals surface area contributed by atoms with Gasteiger partial charge in [0.2, 0.25) is 0 Å². The summed E-state index contributed by atoms with van der Waals surface area (Å²) in [5.74, 6) is 0. The van der Waals surface area contributed by atoms with E-state index in [-0.39, 0.29) is 22.5 Å². The lowest BCUT2D eigenvalue weighted by Gasteiger charge is -1.95. The Labute approximate surface area is 68.2 Å². The van der Waals surface area contributed by atoms with Crippen LogP contribution in [0.4, 0.5) is 14.1 Å². The Kier molecular flexibility index (Phi) is 92.1. The van der Waals surface area contributed by atoms with Gasteiger partial charge in [0.15, 0.2) is 0 Å². The van der Waals surface area contributed by atoms with E-state index in [9.17, 15) is 0 Å². The molecule has 0 rings (SSSR count). The van der Waals surface area contributed by atoms with Crippen molar-refractivity contribution in [3.63, 3.8) is 0 Å². The van der Waals surface area contributed by atoms with Crippen molar-refractivity contribution in [2.45, 2.75) is 26.7 Å². The summed E-state index contributed by atoms with van der Waals surface area (Å²) >= 11 is 0. The van der Waals surface area contributed by atoms with Crippen LogP contribution in [-0.2, 0) is 4.74 Å². The highest BCUT2D eigenvalue weighted by Gasteiger charge is 1.77. The zero-order valence-electron chi connectivity index (χ0n) is 6.46. The minimum absolute atomic E-state index is 0. The van der Waals surface area contributed by atoms with E-state index in [2.05, 4.69) is 13.8 Å². The molecule has 0 saturated carbocycles. The molecular weight excluding hydrogens is 156 g/mol. The fourth-order valence-electron chi connectivity index (χ4n) is 0.391. The first-order chi connectivity index (χ1) is 3.41. The van der Waals surface area contributed by atoms with E-state index in [0.717, 1.165) is 26.1 Å². The third-order valence-electron chi connectivity index (χ3n) is 0.697. The van der Waals surface area contributed by atoms with Gasteiger partial charge >= 0.3 is 0 Å². The minimum Gasteiger partial charge on any atom is -0.381 e. The van der Waals surface area contributed by atoms with Crippen molar-refractivity contribution in [1.82, 2.24) is 0 Å². The standard InChI is InChI=1S/C6H14O.BH3.3FH/c1-3-5-7-6-4-2;;;;/h3-6H2,1-2H3;1H3;3*1H. The summed E-state index contributed by atoms with van der Waals surface area (Å²) in [7, 11) is 0. The van der Waals surface area contributed by atoms with Crippen LogP contribution >= 0.6 is 0 Å². The first-order valence-electron chi connectivity index (χ1n) is 2.99. The largest absolute Gasteiger partial charge is 0.381 e. The number of hydrogen-bond acceptors (Lipinski definition) is 1. The van der Waals surface area contributed by atoms with Gasteiger partial charge in [-0.3, -0.25) is 14.1 Å². The summed E-state index contributed by atoms with van der Waals surface area (Å²) in [6.45, 7) is 6.09. The number of halogens is 3. The second-order valence-corrected chi connectivity index (χ2v) is 1.61. The van der Waals surface area contributed by atoms with Gasteiger partial charge in [-0.05, 0) is 12.8 Å². The molecule has 11 heavy (non-hydrogen) atoms. The number of ether oxygens (including phenoxy) is 1. The summed E-state index contributed by atoms with van der Waals surface area (Å²) in [6.07, 6.45) is 2.28. The molecule has 1 nitrogen and oxygen atoms in total. The molecule has 0 aromatic heterocycles. The normalized spacial score (nSPS) is 6.00. The van der Waals surface area contributed by atoms with E-state index in [1.807, 2.05) is 0 Å². The molecule has 0 aromatic rings. The molecule has 0 heterocycles. The van der Waals surface area contributed by atoms with E-state index in [1.54, 1.807) is 0 Å². The predicted molar refractivity (Wildman–Crippen MR) is 48.8 cm³/mol. The first kappa shape index (κ1) is 30.8.